The predicted molar refractivity (Wildman–Crippen MR) is 118 cm³/mol. The Morgan fingerprint density at radius 1 is 1.06 bits per heavy atom. The molecular weight excluding hydrogens is 438 g/mol. The standard InChI is InChI=1S/C21H33N3O7S/c1-21(2,3)31-20(26)22-10-6-7-19(25)23-11-13-24(14-12-23)32(27,28)18-15-16(29-4)8-9-17(18)30-5/h8-9,15H,6-7,10-14H2,1-5H3,(H,22,26). The molecule has 32 heavy (non-hydrogen) atoms. The van der Waals surface area contributed by atoms with Crippen molar-refractivity contribution in [1.82, 2.24) is 14.5 Å². The Morgan fingerprint density at radius 3 is 2.28 bits per heavy atom. The van der Waals surface area contributed by atoms with Crippen LogP contribution >= 0.6 is 0 Å². The van der Waals surface area contributed by atoms with Gasteiger partial charge in [-0.3, -0.25) is 4.79 Å². The number of carbonyl (C=O) groups is 2. The molecule has 1 aromatic rings. The van der Waals surface area contributed by atoms with Crippen LogP contribution in [0.2, 0.25) is 0 Å². The zero-order chi connectivity index (χ0) is 23.9. The first-order valence-corrected chi connectivity index (χ1v) is 11.9. The number of carbonyl (C=O) groups excluding carboxylic acids is 2. The molecule has 0 aliphatic carbocycles. The van der Waals surface area contributed by atoms with E-state index >= 15 is 0 Å². The fourth-order valence-corrected chi connectivity index (χ4v) is 4.80. The van der Waals surface area contributed by atoms with Gasteiger partial charge in [0.15, 0.2) is 0 Å². The van der Waals surface area contributed by atoms with Gasteiger partial charge in [0, 0.05) is 45.2 Å². The lowest BCUT2D eigenvalue weighted by Gasteiger charge is -2.34. The summed E-state index contributed by atoms with van der Waals surface area (Å²) in [6, 6.07) is 4.62. The molecule has 1 N–H and O–H groups in total. The lowest BCUT2D eigenvalue weighted by atomic mass is 10.2. The minimum atomic E-state index is -3.80. The number of hydrogen-bond acceptors (Lipinski definition) is 7. The molecular formula is C21H33N3O7S. The third-order valence-electron chi connectivity index (χ3n) is 4.82. The van der Waals surface area contributed by atoms with Crippen molar-refractivity contribution in [1.29, 1.82) is 0 Å². The number of amides is 2. The highest BCUT2D eigenvalue weighted by molar-refractivity contribution is 7.89. The van der Waals surface area contributed by atoms with Crippen LogP contribution in [0.4, 0.5) is 4.79 Å². The van der Waals surface area contributed by atoms with Crippen LogP contribution in [0.3, 0.4) is 0 Å². The topological polar surface area (TPSA) is 114 Å². The number of hydrogen-bond donors (Lipinski definition) is 1. The molecule has 1 aliphatic heterocycles. The van der Waals surface area contributed by atoms with Gasteiger partial charge >= 0.3 is 6.09 Å². The SMILES string of the molecule is COc1ccc(OC)c(S(=O)(=O)N2CCN(C(=O)CCCNC(=O)OC(C)(C)C)CC2)c1. The largest absolute Gasteiger partial charge is 0.497 e. The number of nitrogens with zero attached hydrogens (tertiary/aromatic N) is 2. The number of methoxy groups -OCH3 is 2. The van der Waals surface area contributed by atoms with Gasteiger partial charge in [-0.05, 0) is 39.3 Å². The molecule has 10 nitrogen and oxygen atoms in total. The number of rotatable bonds is 8. The molecule has 2 amide bonds. The average molecular weight is 472 g/mol. The summed E-state index contributed by atoms with van der Waals surface area (Å²) in [4.78, 5) is 25.8. The lowest BCUT2D eigenvalue weighted by molar-refractivity contribution is -0.132. The molecule has 180 valence electrons. The molecule has 0 atom stereocenters. The maximum absolute atomic E-state index is 13.1. The van der Waals surface area contributed by atoms with Crippen LogP contribution in [0.5, 0.6) is 11.5 Å². The third-order valence-corrected chi connectivity index (χ3v) is 6.74. The van der Waals surface area contributed by atoms with Crippen LogP contribution in [0.25, 0.3) is 0 Å². The monoisotopic (exact) mass is 471 g/mol. The Hall–Kier alpha value is -2.53. The summed E-state index contributed by atoms with van der Waals surface area (Å²) in [5.74, 6) is 0.576. The van der Waals surface area contributed by atoms with Gasteiger partial charge in [0.05, 0.1) is 14.2 Å². The zero-order valence-corrected chi connectivity index (χ0v) is 20.2. The molecule has 0 saturated carbocycles. The molecule has 1 aliphatic rings. The summed E-state index contributed by atoms with van der Waals surface area (Å²) in [5, 5.41) is 2.62. The summed E-state index contributed by atoms with van der Waals surface area (Å²) >= 11 is 0. The minimum absolute atomic E-state index is 0.0346. The van der Waals surface area contributed by atoms with E-state index in [4.69, 9.17) is 14.2 Å². The van der Waals surface area contributed by atoms with Crippen molar-refractivity contribution >= 4 is 22.0 Å². The first-order valence-electron chi connectivity index (χ1n) is 10.4. The molecule has 0 aromatic heterocycles. The minimum Gasteiger partial charge on any atom is -0.497 e. The van der Waals surface area contributed by atoms with Crippen LogP contribution in [-0.4, -0.2) is 82.2 Å². The van der Waals surface area contributed by atoms with Gasteiger partial charge in [0.1, 0.15) is 22.0 Å². The van der Waals surface area contributed by atoms with Gasteiger partial charge in [-0.15, -0.1) is 0 Å². The van der Waals surface area contributed by atoms with Crippen LogP contribution in [-0.2, 0) is 19.6 Å². The van der Waals surface area contributed by atoms with Crippen LogP contribution in [0.15, 0.2) is 23.1 Å². The maximum atomic E-state index is 13.1. The number of sulfonamides is 1. The fourth-order valence-electron chi connectivity index (χ4n) is 3.20. The van der Waals surface area contributed by atoms with E-state index in [0.29, 0.717) is 31.8 Å². The molecule has 0 bridgehead atoms. The first-order chi connectivity index (χ1) is 15.0. The molecule has 1 heterocycles. The number of ether oxygens (including phenoxy) is 3. The Kier molecular flexibility index (Phi) is 8.73. The summed E-state index contributed by atoms with van der Waals surface area (Å²) < 4.78 is 43.1. The van der Waals surface area contributed by atoms with E-state index in [1.807, 2.05) is 0 Å². The van der Waals surface area contributed by atoms with Crippen molar-refractivity contribution in [3.8, 4) is 11.5 Å². The maximum Gasteiger partial charge on any atom is 0.407 e. The van der Waals surface area contributed by atoms with Crippen molar-refractivity contribution in [2.75, 3.05) is 46.9 Å². The van der Waals surface area contributed by atoms with E-state index < -0.39 is 21.7 Å². The van der Waals surface area contributed by atoms with Gasteiger partial charge in [0.25, 0.3) is 0 Å². The van der Waals surface area contributed by atoms with Crippen molar-refractivity contribution in [3.05, 3.63) is 18.2 Å². The Balaban J connectivity index is 1.86. The van der Waals surface area contributed by atoms with Crippen molar-refractivity contribution < 1.29 is 32.2 Å². The van der Waals surface area contributed by atoms with E-state index in [1.165, 1.54) is 24.6 Å². The number of benzene rings is 1. The predicted octanol–water partition coefficient (Wildman–Crippen LogP) is 1.84. The smallest absolute Gasteiger partial charge is 0.407 e. The summed E-state index contributed by atoms with van der Waals surface area (Å²) in [5.41, 5.74) is -0.575. The quantitative estimate of drug-likeness (QED) is 0.576. The van der Waals surface area contributed by atoms with Gasteiger partial charge < -0.3 is 24.4 Å². The van der Waals surface area contributed by atoms with Crippen molar-refractivity contribution in [2.45, 2.75) is 44.1 Å². The van der Waals surface area contributed by atoms with Crippen molar-refractivity contribution in [2.24, 2.45) is 0 Å². The molecule has 0 radical (unpaired) electrons. The normalized spacial score (nSPS) is 15.2. The van der Waals surface area contributed by atoms with E-state index in [-0.39, 0.29) is 36.1 Å². The van der Waals surface area contributed by atoms with Gasteiger partial charge in [-0.2, -0.15) is 4.31 Å². The van der Waals surface area contributed by atoms with E-state index in [2.05, 4.69) is 5.32 Å². The molecule has 2 rings (SSSR count). The van der Waals surface area contributed by atoms with E-state index in [1.54, 1.807) is 37.8 Å². The average Bonchev–Trinajstić information content (AvgIpc) is 2.75. The highest BCUT2D eigenvalue weighted by Gasteiger charge is 2.32. The number of nitrogens with one attached hydrogen (secondary N) is 1. The third kappa shape index (κ3) is 6.99. The van der Waals surface area contributed by atoms with Crippen LogP contribution in [0.1, 0.15) is 33.6 Å². The summed E-state index contributed by atoms with van der Waals surface area (Å²) in [6.07, 6.45) is 0.209. The molecule has 1 aromatic carbocycles. The van der Waals surface area contributed by atoms with Crippen LogP contribution < -0.4 is 14.8 Å². The van der Waals surface area contributed by atoms with Crippen LogP contribution in [0, 0.1) is 0 Å². The second-order valence-electron chi connectivity index (χ2n) is 8.33. The Bertz CT molecular complexity index is 904. The Morgan fingerprint density at radius 2 is 1.72 bits per heavy atom. The van der Waals surface area contributed by atoms with Crippen molar-refractivity contribution in [3.63, 3.8) is 0 Å². The second kappa shape index (κ2) is 10.9. The lowest BCUT2D eigenvalue weighted by Crippen LogP contribution is -2.50. The first kappa shape index (κ1) is 25.7. The molecule has 11 heteroatoms. The molecule has 1 saturated heterocycles. The fraction of sp³-hybridized carbons (Fsp3) is 0.619. The van der Waals surface area contributed by atoms with E-state index in [9.17, 15) is 18.0 Å². The number of piperazine rings is 1. The molecule has 0 unspecified atom stereocenters. The van der Waals surface area contributed by atoms with Gasteiger partial charge in [0.2, 0.25) is 15.9 Å². The Labute approximate surface area is 189 Å². The highest BCUT2D eigenvalue weighted by atomic mass is 32.2. The van der Waals surface area contributed by atoms with E-state index in [0.717, 1.165) is 0 Å². The van der Waals surface area contributed by atoms with Gasteiger partial charge in [-0.1, -0.05) is 0 Å². The van der Waals surface area contributed by atoms with Gasteiger partial charge in [-0.25, -0.2) is 13.2 Å². The number of alkyl carbamates (subject to hydrolysis) is 1. The summed E-state index contributed by atoms with van der Waals surface area (Å²) in [6.45, 7) is 6.62. The second-order valence-corrected chi connectivity index (χ2v) is 10.2. The molecule has 0 spiro atoms. The highest BCUT2D eigenvalue weighted by Crippen LogP contribution is 2.31. The molecule has 1 fully saturated rings. The zero-order valence-electron chi connectivity index (χ0n) is 19.3. The summed E-state index contributed by atoms with van der Waals surface area (Å²) in [7, 11) is -0.927.